The van der Waals surface area contributed by atoms with E-state index < -0.39 is 0 Å². The highest BCUT2D eigenvalue weighted by Crippen LogP contribution is 2.39. The van der Waals surface area contributed by atoms with Crippen LogP contribution in [0, 0.1) is 0 Å². The molecule has 0 radical (unpaired) electrons. The van der Waals surface area contributed by atoms with Crippen molar-refractivity contribution in [2.75, 3.05) is 26.6 Å². The zero-order valence-electron chi connectivity index (χ0n) is 15.8. The number of carbonyl (C=O) groups excluding carboxylic acids is 1. The monoisotopic (exact) mass is 399 g/mol. The van der Waals surface area contributed by atoms with Crippen molar-refractivity contribution < 1.29 is 19.0 Å². The van der Waals surface area contributed by atoms with Crippen LogP contribution >= 0.6 is 11.3 Å². The van der Waals surface area contributed by atoms with E-state index in [-0.39, 0.29) is 6.03 Å². The first-order chi connectivity index (χ1) is 13.7. The second kappa shape index (κ2) is 9.09. The Morgan fingerprint density at radius 2 is 1.86 bits per heavy atom. The Kier molecular flexibility index (Phi) is 6.33. The molecule has 0 saturated heterocycles. The van der Waals surface area contributed by atoms with Gasteiger partial charge in [0.15, 0.2) is 11.5 Å². The number of hydrogen-bond donors (Lipinski definition) is 2. The topological polar surface area (TPSA) is 81.7 Å². The average molecular weight is 399 g/mol. The number of thiophene rings is 1. The Balaban J connectivity index is 1.71. The number of nitrogens with zero attached hydrogens (tertiary/aromatic N) is 1. The largest absolute Gasteiger partial charge is 0.493 e. The summed E-state index contributed by atoms with van der Waals surface area (Å²) in [6.07, 6.45) is 1.74. The predicted molar refractivity (Wildman–Crippen MR) is 110 cm³/mol. The summed E-state index contributed by atoms with van der Waals surface area (Å²) in [4.78, 5) is 16.8. The summed E-state index contributed by atoms with van der Waals surface area (Å²) in [5.74, 6) is 1.39. The highest BCUT2D eigenvalue weighted by atomic mass is 32.1. The fourth-order valence-corrected chi connectivity index (χ4v) is 3.38. The molecule has 0 spiro atoms. The van der Waals surface area contributed by atoms with Crippen molar-refractivity contribution in [3.63, 3.8) is 0 Å². The lowest BCUT2D eigenvalue weighted by atomic mass is 10.1. The number of nitrogens with one attached hydrogen (secondary N) is 2. The number of aromatic nitrogens is 1. The fourth-order valence-electron chi connectivity index (χ4n) is 2.74. The molecule has 0 saturated carbocycles. The van der Waals surface area contributed by atoms with Crippen LogP contribution in [0.25, 0.3) is 11.3 Å². The number of carbonyl (C=O) groups is 1. The lowest BCUT2D eigenvalue weighted by Crippen LogP contribution is -2.28. The first-order valence-electron chi connectivity index (χ1n) is 8.47. The molecule has 2 heterocycles. The Labute approximate surface area is 167 Å². The van der Waals surface area contributed by atoms with Crippen LogP contribution in [-0.4, -0.2) is 32.3 Å². The van der Waals surface area contributed by atoms with Gasteiger partial charge in [-0.2, -0.15) is 11.3 Å². The van der Waals surface area contributed by atoms with Gasteiger partial charge in [0.25, 0.3) is 0 Å². The number of rotatable bonds is 7. The molecule has 2 N–H and O–H groups in total. The van der Waals surface area contributed by atoms with E-state index in [2.05, 4.69) is 15.6 Å². The zero-order valence-corrected chi connectivity index (χ0v) is 16.6. The molecule has 2 amide bonds. The summed E-state index contributed by atoms with van der Waals surface area (Å²) in [7, 11) is 4.57. The third kappa shape index (κ3) is 4.34. The molecule has 3 aromatic rings. The third-order valence-electron chi connectivity index (χ3n) is 4.05. The molecule has 0 aliphatic rings. The van der Waals surface area contributed by atoms with Crippen LogP contribution in [0.15, 0.2) is 47.3 Å². The molecule has 1 aromatic carbocycles. The molecule has 0 atom stereocenters. The molecule has 8 heteroatoms. The van der Waals surface area contributed by atoms with Gasteiger partial charge in [-0.05, 0) is 23.1 Å². The first kappa shape index (κ1) is 19.5. The highest BCUT2D eigenvalue weighted by molar-refractivity contribution is 7.08. The lowest BCUT2D eigenvalue weighted by molar-refractivity contribution is 0.251. The normalized spacial score (nSPS) is 10.2. The van der Waals surface area contributed by atoms with E-state index in [4.69, 9.17) is 14.2 Å². The van der Waals surface area contributed by atoms with Gasteiger partial charge in [-0.15, -0.1) is 0 Å². The maximum Gasteiger partial charge on any atom is 0.319 e. The van der Waals surface area contributed by atoms with Gasteiger partial charge in [-0.1, -0.05) is 6.07 Å². The number of anilines is 1. The molecule has 7 nitrogen and oxygen atoms in total. The minimum atomic E-state index is -0.352. The van der Waals surface area contributed by atoms with Crippen LogP contribution in [0.4, 0.5) is 10.5 Å². The van der Waals surface area contributed by atoms with E-state index in [9.17, 15) is 4.79 Å². The molecule has 28 heavy (non-hydrogen) atoms. The number of urea groups is 1. The standard InChI is InChI=1S/C20H21N3O4S/c1-25-16-9-15(10-17(26-2)19(16)27-3)23-20(24)22-11-13-5-4-7-21-18(13)14-6-8-28-12-14/h4-10,12H,11H2,1-3H3,(H2,22,23,24). The average Bonchev–Trinajstić information content (AvgIpc) is 3.26. The van der Waals surface area contributed by atoms with Crippen molar-refractivity contribution in [3.05, 3.63) is 52.9 Å². The Hall–Kier alpha value is -3.26. The van der Waals surface area contributed by atoms with Crippen molar-refractivity contribution in [2.45, 2.75) is 6.54 Å². The molecule has 0 aliphatic carbocycles. The zero-order chi connectivity index (χ0) is 19.9. The summed E-state index contributed by atoms with van der Waals surface area (Å²) in [5, 5.41) is 9.66. The maximum absolute atomic E-state index is 12.4. The van der Waals surface area contributed by atoms with Crippen molar-refractivity contribution in [1.82, 2.24) is 10.3 Å². The molecule has 0 aliphatic heterocycles. The van der Waals surface area contributed by atoms with Crippen LogP contribution in [0.3, 0.4) is 0 Å². The van der Waals surface area contributed by atoms with Gasteiger partial charge < -0.3 is 24.8 Å². The molecular formula is C20H21N3O4S. The number of pyridine rings is 1. The second-order valence-corrected chi connectivity index (χ2v) is 6.52. The van der Waals surface area contributed by atoms with Crippen LogP contribution in [0.2, 0.25) is 0 Å². The fraction of sp³-hybridized carbons (Fsp3) is 0.200. The molecule has 146 valence electrons. The number of hydrogen-bond acceptors (Lipinski definition) is 6. The van der Waals surface area contributed by atoms with Crippen LogP contribution in [0.5, 0.6) is 17.2 Å². The minimum absolute atomic E-state index is 0.343. The smallest absolute Gasteiger partial charge is 0.319 e. The van der Waals surface area contributed by atoms with Gasteiger partial charge >= 0.3 is 6.03 Å². The van der Waals surface area contributed by atoms with Crippen molar-refractivity contribution in [2.24, 2.45) is 0 Å². The van der Waals surface area contributed by atoms with Gasteiger partial charge in [0.2, 0.25) is 5.75 Å². The van der Waals surface area contributed by atoms with Crippen LogP contribution in [-0.2, 0) is 6.54 Å². The van der Waals surface area contributed by atoms with Gasteiger partial charge in [0, 0.05) is 35.8 Å². The van der Waals surface area contributed by atoms with Crippen molar-refractivity contribution in [1.29, 1.82) is 0 Å². The number of ether oxygens (including phenoxy) is 3. The molecule has 3 rings (SSSR count). The lowest BCUT2D eigenvalue weighted by Gasteiger charge is -2.15. The minimum Gasteiger partial charge on any atom is -0.493 e. The quantitative estimate of drug-likeness (QED) is 0.624. The van der Waals surface area contributed by atoms with Gasteiger partial charge in [-0.25, -0.2) is 4.79 Å². The third-order valence-corrected chi connectivity index (χ3v) is 4.73. The van der Waals surface area contributed by atoms with E-state index in [0.717, 1.165) is 16.8 Å². The molecule has 0 unspecified atom stereocenters. The van der Waals surface area contributed by atoms with E-state index in [1.807, 2.05) is 29.0 Å². The first-order valence-corrected chi connectivity index (χ1v) is 9.42. The Morgan fingerprint density at radius 3 is 2.46 bits per heavy atom. The summed E-state index contributed by atoms with van der Waals surface area (Å²) in [5.41, 5.74) is 3.35. The Morgan fingerprint density at radius 1 is 1.11 bits per heavy atom. The highest BCUT2D eigenvalue weighted by Gasteiger charge is 2.15. The van der Waals surface area contributed by atoms with E-state index >= 15 is 0 Å². The van der Waals surface area contributed by atoms with Crippen molar-refractivity contribution >= 4 is 23.1 Å². The number of benzene rings is 1. The number of methoxy groups -OCH3 is 3. The SMILES string of the molecule is COc1cc(NC(=O)NCc2cccnc2-c2ccsc2)cc(OC)c1OC. The molecule has 2 aromatic heterocycles. The molecule has 0 bridgehead atoms. The summed E-state index contributed by atoms with van der Waals surface area (Å²) in [6.45, 7) is 0.343. The molecular weight excluding hydrogens is 378 g/mol. The number of amides is 2. The van der Waals surface area contributed by atoms with E-state index in [1.165, 1.54) is 21.3 Å². The Bertz CT molecular complexity index is 919. The maximum atomic E-state index is 12.4. The van der Waals surface area contributed by atoms with Crippen molar-refractivity contribution in [3.8, 4) is 28.5 Å². The van der Waals surface area contributed by atoms with E-state index in [0.29, 0.717) is 29.5 Å². The molecule has 0 fully saturated rings. The van der Waals surface area contributed by atoms with Crippen LogP contribution in [0.1, 0.15) is 5.56 Å². The summed E-state index contributed by atoms with van der Waals surface area (Å²) < 4.78 is 15.9. The van der Waals surface area contributed by atoms with Gasteiger partial charge in [-0.3, -0.25) is 4.98 Å². The van der Waals surface area contributed by atoms with E-state index in [1.54, 1.807) is 29.7 Å². The predicted octanol–water partition coefficient (Wildman–Crippen LogP) is 4.16. The summed E-state index contributed by atoms with van der Waals surface area (Å²) >= 11 is 1.61. The van der Waals surface area contributed by atoms with Gasteiger partial charge in [0.1, 0.15) is 0 Å². The second-order valence-electron chi connectivity index (χ2n) is 5.74. The van der Waals surface area contributed by atoms with Gasteiger partial charge in [0.05, 0.1) is 32.7 Å². The summed E-state index contributed by atoms with van der Waals surface area (Å²) in [6, 6.07) is 8.79. The van der Waals surface area contributed by atoms with Crippen LogP contribution < -0.4 is 24.8 Å².